The van der Waals surface area contributed by atoms with Gasteiger partial charge in [0.1, 0.15) is 0 Å². The molecule has 1 aliphatic carbocycles. The molecule has 1 aliphatic heterocycles. The molecule has 1 heterocycles. The van der Waals surface area contributed by atoms with Crippen molar-refractivity contribution >= 4 is 0 Å². The Kier molecular flexibility index (Phi) is 10.3. The van der Waals surface area contributed by atoms with Gasteiger partial charge in [-0.1, -0.05) is 52.4 Å². The third-order valence-electron chi connectivity index (χ3n) is 5.55. The molecule has 1 saturated heterocycles. The Balaban J connectivity index is 0.000000277. The first-order chi connectivity index (χ1) is 11.0. The molecule has 0 aromatic heterocycles. The smallest absolute Gasteiger partial charge is 0.295 e. The zero-order chi connectivity index (χ0) is 17.2. The van der Waals surface area contributed by atoms with Gasteiger partial charge in [0.15, 0.2) is 0 Å². The highest BCUT2D eigenvalue weighted by Gasteiger charge is 2.30. The highest BCUT2D eigenvalue weighted by atomic mass is 19.3. The second-order valence-electron chi connectivity index (χ2n) is 7.40. The zero-order valence-electron chi connectivity index (χ0n) is 15.7. The number of likely N-dealkylation sites (tertiary alicyclic amines) is 1. The van der Waals surface area contributed by atoms with Crippen LogP contribution in [-0.4, -0.2) is 48.1 Å². The van der Waals surface area contributed by atoms with E-state index >= 15 is 0 Å². The van der Waals surface area contributed by atoms with Crippen molar-refractivity contribution in [3.8, 4) is 0 Å². The first-order valence-corrected chi connectivity index (χ1v) is 9.77. The summed E-state index contributed by atoms with van der Waals surface area (Å²) < 4.78 is 25.7. The van der Waals surface area contributed by atoms with Crippen molar-refractivity contribution in [2.45, 2.75) is 97.7 Å². The van der Waals surface area contributed by atoms with Gasteiger partial charge in [-0.25, -0.2) is 4.90 Å². The molecule has 2 fully saturated rings. The second kappa shape index (κ2) is 11.4. The maximum Gasteiger partial charge on any atom is 0.295 e. The van der Waals surface area contributed by atoms with Crippen LogP contribution < -0.4 is 0 Å². The third kappa shape index (κ3) is 7.47. The minimum absolute atomic E-state index is 0.0628. The highest BCUT2D eigenvalue weighted by molar-refractivity contribution is 4.80. The summed E-state index contributed by atoms with van der Waals surface area (Å²) in [4.78, 5) is 3.67. The highest BCUT2D eigenvalue weighted by Crippen LogP contribution is 2.25. The minimum atomic E-state index is -2.32. The quantitative estimate of drug-likeness (QED) is 0.624. The molecular formula is C19H38F2N2. The molecule has 0 amide bonds. The molecule has 2 nitrogen and oxygen atoms in total. The van der Waals surface area contributed by atoms with E-state index in [0.29, 0.717) is 0 Å². The Hall–Kier alpha value is -0.220. The summed E-state index contributed by atoms with van der Waals surface area (Å²) in [6.07, 6.45) is 10.7. The molecule has 0 radical (unpaired) electrons. The first kappa shape index (κ1) is 20.8. The average Bonchev–Trinajstić information content (AvgIpc) is 2.56. The van der Waals surface area contributed by atoms with Gasteiger partial charge in [-0.2, -0.15) is 8.78 Å². The molecular weight excluding hydrogens is 294 g/mol. The average molecular weight is 333 g/mol. The van der Waals surface area contributed by atoms with Gasteiger partial charge in [-0.15, -0.1) is 0 Å². The number of piperidine rings is 1. The van der Waals surface area contributed by atoms with Crippen LogP contribution in [0.5, 0.6) is 0 Å². The van der Waals surface area contributed by atoms with Gasteiger partial charge >= 0.3 is 0 Å². The Morgan fingerprint density at radius 1 is 0.957 bits per heavy atom. The molecule has 2 rings (SSSR count). The number of hydrogen-bond donors (Lipinski definition) is 0. The van der Waals surface area contributed by atoms with Crippen molar-refractivity contribution < 1.29 is 8.78 Å². The lowest BCUT2D eigenvalue weighted by Gasteiger charge is -2.39. The fraction of sp³-hybridized carbons (Fsp3) is 1.00. The van der Waals surface area contributed by atoms with Crippen LogP contribution in [-0.2, 0) is 0 Å². The van der Waals surface area contributed by atoms with E-state index in [1.165, 1.54) is 43.4 Å². The Morgan fingerprint density at radius 2 is 1.52 bits per heavy atom. The summed E-state index contributed by atoms with van der Waals surface area (Å²) in [6, 6.07) is -0.00373. The SMILES string of the molecule is CCC1CCCCC1.CCN1CCC(N(C(C)C)C(F)F)CC1. The maximum atomic E-state index is 12.8. The number of rotatable bonds is 5. The molecule has 0 unspecified atom stereocenters. The number of alkyl halides is 2. The molecule has 23 heavy (non-hydrogen) atoms. The predicted octanol–water partition coefficient (Wildman–Crippen LogP) is 5.38. The van der Waals surface area contributed by atoms with Gasteiger partial charge in [0, 0.05) is 12.1 Å². The number of halogens is 2. The molecule has 2 aliphatic rings. The topological polar surface area (TPSA) is 6.48 Å². The molecule has 1 saturated carbocycles. The summed E-state index contributed by atoms with van der Waals surface area (Å²) in [7, 11) is 0. The summed E-state index contributed by atoms with van der Waals surface area (Å²) in [5.41, 5.74) is 0. The van der Waals surface area contributed by atoms with E-state index in [1.807, 2.05) is 13.8 Å². The first-order valence-electron chi connectivity index (χ1n) is 9.77. The number of nitrogens with zero attached hydrogens (tertiary/aromatic N) is 2. The molecule has 4 heteroatoms. The second-order valence-corrected chi connectivity index (χ2v) is 7.40. The standard InChI is InChI=1S/C11H22F2N2.C8H16/c1-4-14-7-5-10(6-8-14)15(9(2)3)11(12)13;1-2-8-6-4-3-5-7-8/h9-11H,4-8H2,1-3H3;8H,2-7H2,1H3. The van der Waals surface area contributed by atoms with Crippen molar-refractivity contribution in [3.05, 3.63) is 0 Å². The Morgan fingerprint density at radius 3 is 1.87 bits per heavy atom. The fourth-order valence-corrected chi connectivity index (χ4v) is 3.94. The van der Waals surface area contributed by atoms with E-state index in [-0.39, 0.29) is 12.1 Å². The van der Waals surface area contributed by atoms with Gasteiger partial charge in [0.2, 0.25) is 0 Å². The monoisotopic (exact) mass is 332 g/mol. The van der Waals surface area contributed by atoms with Crippen molar-refractivity contribution in [3.63, 3.8) is 0 Å². The van der Waals surface area contributed by atoms with Crippen LogP contribution in [0.1, 0.15) is 79.1 Å². The van der Waals surface area contributed by atoms with E-state index in [4.69, 9.17) is 0 Å². The molecule has 0 spiro atoms. The molecule has 0 atom stereocenters. The summed E-state index contributed by atoms with van der Waals surface area (Å²) >= 11 is 0. The fourth-order valence-electron chi connectivity index (χ4n) is 3.94. The van der Waals surface area contributed by atoms with Gasteiger partial charge < -0.3 is 4.90 Å². The minimum Gasteiger partial charge on any atom is -0.303 e. The van der Waals surface area contributed by atoms with Crippen LogP contribution >= 0.6 is 0 Å². The molecule has 0 aromatic carbocycles. The molecule has 0 N–H and O–H groups in total. The maximum absolute atomic E-state index is 12.8. The summed E-state index contributed by atoms with van der Waals surface area (Å²) in [5.74, 6) is 1.09. The van der Waals surface area contributed by atoms with E-state index in [9.17, 15) is 8.78 Å². The Labute approximate surface area is 142 Å². The molecule has 0 bridgehead atoms. The van der Waals surface area contributed by atoms with Crippen LogP contribution in [0.3, 0.4) is 0 Å². The van der Waals surface area contributed by atoms with Crippen LogP contribution in [0, 0.1) is 5.92 Å². The third-order valence-corrected chi connectivity index (χ3v) is 5.55. The number of hydrogen-bond acceptors (Lipinski definition) is 2. The van der Waals surface area contributed by atoms with E-state index in [1.54, 1.807) is 0 Å². The van der Waals surface area contributed by atoms with Crippen molar-refractivity contribution in [2.24, 2.45) is 5.92 Å². The van der Waals surface area contributed by atoms with Crippen molar-refractivity contribution in [2.75, 3.05) is 19.6 Å². The van der Waals surface area contributed by atoms with Gasteiger partial charge in [0.25, 0.3) is 6.55 Å². The predicted molar refractivity (Wildman–Crippen MR) is 95.0 cm³/mol. The van der Waals surface area contributed by atoms with Crippen LogP contribution in [0.4, 0.5) is 8.78 Å². The van der Waals surface area contributed by atoms with Gasteiger partial charge in [0.05, 0.1) is 0 Å². The lowest BCUT2D eigenvalue weighted by molar-refractivity contribution is -0.0848. The van der Waals surface area contributed by atoms with E-state index < -0.39 is 6.55 Å². The van der Waals surface area contributed by atoms with Crippen LogP contribution in [0.15, 0.2) is 0 Å². The van der Waals surface area contributed by atoms with Gasteiger partial charge in [-0.3, -0.25) is 0 Å². The van der Waals surface area contributed by atoms with E-state index in [2.05, 4.69) is 18.7 Å². The largest absolute Gasteiger partial charge is 0.303 e. The van der Waals surface area contributed by atoms with Crippen LogP contribution in [0.2, 0.25) is 0 Å². The van der Waals surface area contributed by atoms with Crippen LogP contribution in [0.25, 0.3) is 0 Å². The van der Waals surface area contributed by atoms with Crippen molar-refractivity contribution in [1.29, 1.82) is 0 Å². The zero-order valence-corrected chi connectivity index (χ0v) is 15.7. The molecule has 0 aromatic rings. The Bertz CT molecular complexity index is 275. The normalized spacial score (nSPS) is 21.8. The van der Waals surface area contributed by atoms with Crippen molar-refractivity contribution in [1.82, 2.24) is 9.80 Å². The lowest BCUT2D eigenvalue weighted by atomic mass is 9.88. The summed E-state index contributed by atoms with van der Waals surface area (Å²) in [5, 5.41) is 0. The summed E-state index contributed by atoms with van der Waals surface area (Å²) in [6.45, 7) is 8.75. The lowest BCUT2D eigenvalue weighted by Crippen LogP contribution is -2.49. The molecule has 138 valence electrons. The van der Waals surface area contributed by atoms with E-state index in [0.717, 1.165) is 38.4 Å². The van der Waals surface area contributed by atoms with Gasteiger partial charge in [-0.05, 0) is 52.2 Å².